The van der Waals surface area contributed by atoms with Crippen LogP contribution >= 0.6 is 27.3 Å². The second-order valence-electron chi connectivity index (χ2n) is 5.88. The Morgan fingerprint density at radius 3 is 2.67 bits per heavy atom. The summed E-state index contributed by atoms with van der Waals surface area (Å²) < 4.78 is 1.19. The molecule has 0 spiro atoms. The number of rotatable bonds is 3. The van der Waals surface area contributed by atoms with Crippen molar-refractivity contribution in [3.8, 4) is 0 Å². The van der Waals surface area contributed by atoms with Crippen LogP contribution in [0.25, 0.3) is 0 Å². The summed E-state index contributed by atoms with van der Waals surface area (Å²) in [4.78, 5) is 4.01. The zero-order chi connectivity index (χ0) is 12.7. The molecule has 1 aromatic heterocycles. The van der Waals surface area contributed by atoms with Crippen LogP contribution in [-0.4, -0.2) is 30.1 Å². The van der Waals surface area contributed by atoms with E-state index in [-0.39, 0.29) is 0 Å². The third-order valence-corrected chi connectivity index (χ3v) is 6.52. The largest absolute Gasteiger partial charge is 0.327 e. The Morgan fingerprint density at radius 1 is 1.44 bits per heavy atom. The molecule has 2 aliphatic rings. The van der Waals surface area contributed by atoms with Gasteiger partial charge in [-0.25, -0.2) is 0 Å². The number of piperidine rings is 1. The van der Waals surface area contributed by atoms with Crippen molar-refractivity contribution in [2.75, 3.05) is 7.05 Å². The van der Waals surface area contributed by atoms with Crippen LogP contribution in [0.3, 0.4) is 0 Å². The third-order valence-electron chi connectivity index (χ3n) is 4.80. The molecule has 3 atom stereocenters. The Kier molecular flexibility index (Phi) is 3.81. The summed E-state index contributed by atoms with van der Waals surface area (Å²) in [5, 5.41) is 2.15. The molecule has 2 fully saturated rings. The van der Waals surface area contributed by atoms with Gasteiger partial charge in [0.15, 0.2) is 0 Å². The second-order valence-corrected chi connectivity index (χ2v) is 7.79. The van der Waals surface area contributed by atoms with Crippen molar-refractivity contribution in [1.82, 2.24) is 4.90 Å². The summed E-state index contributed by atoms with van der Waals surface area (Å²) in [5.74, 6) is 0.722. The van der Waals surface area contributed by atoms with E-state index in [1.54, 1.807) is 0 Å². The average molecular weight is 329 g/mol. The lowest BCUT2D eigenvalue weighted by molar-refractivity contribution is 0.121. The van der Waals surface area contributed by atoms with E-state index >= 15 is 0 Å². The molecule has 0 aliphatic carbocycles. The average Bonchev–Trinajstić information content (AvgIpc) is 2.80. The maximum atomic E-state index is 6.46. The standard InChI is InChI=1S/C14H21BrN2S/c1-17-11-2-3-12(17)5-9(4-11)14(16)7-13-6-10(15)8-18-13/h6,8-9,11-12,14H,2-5,7,16H2,1H3. The smallest absolute Gasteiger partial charge is 0.0285 e. The van der Waals surface area contributed by atoms with E-state index in [1.165, 1.54) is 35.0 Å². The van der Waals surface area contributed by atoms with Gasteiger partial charge in [-0.1, -0.05) is 0 Å². The summed E-state index contributed by atoms with van der Waals surface area (Å²) in [6.45, 7) is 0. The maximum absolute atomic E-state index is 6.46. The fraction of sp³-hybridized carbons (Fsp3) is 0.714. The molecule has 0 saturated carbocycles. The van der Waals surface area contributed by atoms with Gasteiger partial charge in [0.05, 0.1) is 0 Å². The van der Waals surface area contributed by atoms with E-state index in [0.29, 0.717) is 6.04 Å². The van der Waals surface area contributed by atoms with Gasteiger partial charge < -0.3 is 10.6 Å². The van der Waals surface area contributed by atoms with Gasteiger partial charge in [0.1, 0.15) is 0 Å². The van der Waals surface area contributed by atoms with Crippen molar-refractivity contribution < 1.29 is 0 Å². The third kappa shape index (κ3) is 2.53. The molecule has 18 heavy (non-hydrogen) atoms. The Bertz CT molecular complexity index is 406. The summed E-state index contributed by atoms with van der Waals surface area (Å²) >= 11 is 5.34. The molecule has 2 saturated heterocycles. The topological polar surface area (TPSA) is 29.3 Å². The van der Waals surface area contributed by atoms with Crippen molar-refractivity contribution in [2.24, 2.45) is 11.7 Å². The van der Waals surface area contributed by atoms with Crippen molar-refractivity contribution in [3.63, 3.8) is 0 Å². The van der Waals surface area contributed by atoms with E-state index in [2.05, 4.69) is 39.3 Å². The second kappa shape index (κ2) is 5.23. The van der Waals surface area contributed by atoms with Gasteiger partial charge in [0, 0.05) is 32.9 Å². The molecule has 0 amide bonds. The number of hydrogen-bond donors (Lipinski definition) is 1. The lowest BCUT2D eigenvalue weighted by Crippen LogP contribution is -2.46. The quantitative estimate of drug-likeness (QED) is 0.922. The van der Waals surface area contributed by atoms with Gasteiger partial charge in [-0.15, -0.1) is 11.3 Å². The molecule has 0 aromatic carbocycles. The molecule has 2 bridgehead atoms. The number of thiophene rings is 1. The molecule has 2 nitrogen and oxygen atoms in total. The monoisotopic (exact) mass is 328 g/mol. The van der Waals surface area contributed by atoms with Crippen LogP contribution in [0, 0.1) is 5.92 Å². The Hall–Kier alpha value is 0.1000. The van der Waals surface area contributed by atoms with Crippen LogP contribution in [0.15, 0.2) is 15.9 Å². The van der Waals surface area contributed by atoms with E-state index in [4.69, 9.17) is 5.73 Å². The number of nitrogens with two attached hydrogens (primary N) is 1. The van der Waals surface area contributed by atoms with Crippen molar-refractivity contribution in [3.05, 3.63) is 20.8 Å². The predicted molar refractivity (Wildman–Crippen MR) is 81.0 cm³/mol. The van der Waals surface area contributed by atoms with E-state index in [1.807, 2.05) is 11.3 Å². The van der Waals surface area contributed by atoms with Crippen LogP contribution in [0.4, 0.5) is 0 Å². The van der Waals surface area contributed by atoms with Gasteiger partial charge in [-0.3, -0.25) is 0 Å². The van der Waals surface area contributed by atoms with Gasteiger partial charge in [0.2, 0.25) is 0 Å². The van der Waals surface area contributed by atoms with Gasteiger partial charge in [0.25, 0.3) is 0 Å². The van der Waals surface area contributed by atoms with Crippen LogP contribution in [0.5, 0.6) is 0 Å². The highest BCUT2D eigenvalue weighted by Gasteiger charge is 2.40. The molecule has 2 N–H and O–H groups in total. The Morgan fingerprint density at radius 2 is 2.11 bits per heavy atom. The minimum absolute atomic E-state index is 0.340. The summed E-state index contributed by atoms with van der Waals surface area (Å²) in [6, 6.07) is 4.16. The lowest BCUT2D eigenvalue weighted by atomic mass is 9.84. The first kappa shape index (κ1) is 13.1. The lowest BCUT2D eigenvalue weighted by Gasteiger charge is -2.38. The molecule has 3 heterocycles. The first-order valence-corrected chi connectivity index (χ1v) is 8.51. The SMILES string of the molecule is CN1C2CCC1CC(C(N)Cc1cc(Br)cs1)C2. The molecule has 2 aliphatic heterocycles. The first-order chi connectivity index (χ1) is 8.63. The molecule has 3 rings (SSSR count). The fourth-order valence-electron chi connectivity index (χ4n) is 3.66. The van der Waals surface area contributed by atoms with Crippen LogP contribution in [0.1, 0.15) is 30.6 Å². The molecular weight excluding hydrogens is 308 g/mol. The maximum Gasteiger partial charge on any atom is 0.0285 e. The molecule has 4 heteroatoms. The molecule has 3 unspecified atom stereocenters. The van der Waals surface area contributed by atoms with Crippen molar-refractivity contribution in [1.29, 1.82) is 0 Å². The predicted octanol–water partition coefficient (Wildman–Crippen LogP) is 3.25. The van der Waals surface area contributed by atoms with Gasteiger partial charge in [-0.2, -0.15) is 0 Å². The summed E-state index contributed by atoms with van der Waals surface area (Å²) in [7, 11) is 2.29. The van der Waals surface area contributed by atoms with Crippen LogP contribution < -0.4 is 5.73 Å². The normalized spacial score (nSPS) is 33.8. The molecule has 100 valence electrons. The number of nitrogens with zero attached hydrogens (tertiary/aromatic N) is 1. The van der Waals surface area contributed by atoms with Crippen molar-refractivity contribution in [2.45, 2.75) is 50.2 Å². The van der Waals surface area contributed by atoms with E-state index in [0.717, 1.165) is 24.4 Å². The van der Waals surface area contributed by atoms with Crippen LogP contribution in [-0.2, 0) is 6.42 Å². The Balaban J connectivity index is 1.62. The summed E-state index contributed by atoms with van der Waals surface area (Å²) in [5.41, 5.74) is 6.46. The van der Waals surface area contributed by atoms with Crippen LogP contribution in [0.2, 0.25) is 0 Å². The molecule has 1 aromatic rings. The zero-order valence-corrected chi connectivity index (χ0v) is 13.2. The van der Waals surface area contributed by atoms with Gasteiger partial charge in [-0.05, 0) is 67.1 Å². The van der Waals surface area contributed by atoms with Gasteiger partial charge >= 0.3 is 0 Å². The number of halogens is 1. The Labute approximate surface area is 122 Å². The number of hydrogen-bond acceptors (Lipinski definition) is 3. The zero-order valence-electron chi connectivity index (χ0n) is 10.8. The van der Waals surface area contributed by atoms with Crippen molar-refractivity contribution >= 4 is 27.3 Å². The van der Waals surface area contributed by atoms with E-state index in [9.17, 15) is 0 Å². The first-order valence-electron chi connectivity index (χ1n) is 6.84. The van der Waals surface area contributed by atoms with E-state index < -0.39 is 0 Å². The fourth-order valence-corrected chi connectivity index (χ4v) is 5.19. The minimum Gasteiger partial charge on any atom is -0.327 e. The minimum atomic E-state index is 0.340. The summed E-state index contributed by atoms with van der Waals surface area (Å²) in [6.07, 6.45) is 6.43. The number of fused-ring (bicyclic) bond motifs is 2. The highest BCUT2D eigenvalue weighted by atomic mass is 79.9. The highest BCUT2D eigenvalue weighted by molar-refractivity contribution is 9.10. The molecular formula is C14H21BrN2S. The molecule has 0 radical (unpaired) electrons. The highest BCUT2D eigenvalue weighted by Crippen LogP contribution is 2.39.